The summed E-state index contributed by atoms with van der Waals surface area (Å²) in [6, 6.07) is 19.7. The van der Waals surface area contributed by atoms with Gasteiger partial charge in [-0.25, -0.2) is 8.42 Å². The minimum absolute atomic E-state index is 0.194. The zero-order valence-electron chi connectivity index (χ0n) is 18.7. The first-order valence-corrected chi connectivity index (χ1v) is 14.7. The molecule has 0 amide bonds. The van der Waals surface area contributed by atoms with Crippen LogP contribution in [0, 0.1) is 6.92 Å². The third-order valence-electron chi connectivity index (χ3n) is 4.43. The maximum Gasteiger partial charge on any atom is 0.161 e. The molecule has 0 bridgehead atoms. The van der Waals surface area contributed by atoms with E-state index in [1.54, 1.807) is 26.4 Å². The number of alkyl halides is 4. The quantitative estimate of drug-likeness (QED) is 0.224. The van der Waals surface area contributed by atoms with E-state index in [0.29, 0.717) is 16.8 Å². The van der Waals surface area contributed by atoms with Gasteiger partial charge in [-0.1, -0.05) is 30.3 Å². The van der Waals surface area contributed by atoms with Crippen molar-refractivity contribution in [2.45, 2.75) is 11.8 Å². The number of aryl methyl sites for hydroxylation is 1. The molecule has 0 N–H and O–H groups in total. The third-order valence-corrected chi connectivity index (χ3v) is 8.36. The molecule has 0 aromatic heterocycles. The molecule has 0 unspecified atom stereocenters. The Morgan fingerprint density at radius 2 is 1.18 bits per heavy atom. The van der Waals surface area contributed by atoms with E-state index in [0.717, 1.165) is 16.2 Å². The summed E-state index contributed by atoms with van der Waals surface area (Å²) >= 11 is 19.1. The molecule has 3 rings (SSSR count). The van der Waals surface area contributed by atoms with Crippen LogP contribution < -0.4 is 25.4 Å². The second kappa shape index (κ2) is 15.7. The van der Waals surface area contributed by atoms with Crippen molar-refractivity contribution in [3.05, 3.63) is 72.3 Å². The van der Waals surface area contributed by atoms with Crippen LogP contribution in [0.25, 0.3) is 0 Å². The fraction of sp³-hybridized carbons (Fsp3) is 0.217. The standard InChI is InChI=1S/C21H21O5PS.2CH2Cl2/c1-15-12-13-21(28(22,23)24)20(14-15)27(18-10-6-4-8-16(18)25-2)19-11-7-5-9-17(19)26-3;2*2-1-3/h4-14H,1-3H3,(H,22,23,24);2*1H2. The summed E-state index contributed by atoms with van der Waals surface area (Å²) < 4.78 is 47.2. The van der Waals surface area contributed by atoms with Crippen molar-refractivity contribution in [2.75, 3.05) is 24.9 Å². The number of hydrogen-bond donors (Lipinski definition) is 0. The van der Waals surface area contributed by atoms with E-state index >= 15 is 0 Å². The van der Waals surface area contributed by atoms with Gasteiger partial charge in [-0.3, -0.25) is 0 Å². The number of halogens is 4. The van der Waals surface area contributed by atoms with Crippen molar-refractivity contribution < 1.29 is 22.4 Å². The third kappa shape index (κ3) is 8.76. The summed E-state index contributed by atoms with van der Waals surface area (Å²) in [7, 11) is -3.44. The second-order valence-corrected chi connectivity index (χ2v) is 11.8. The topological polar surface area (TPSA) is 75.7 Å². The van der Waals surface area contributed by atoms with E-state index < -0.39 is 18.0 Å². The monoisotopic (exact) mass is 584 g/mol. The molecule has 3 aromatic carbocycles. The smallest absolute Gasteiger partial charge is 0.161 e. The Kier molecular flexibility index (Phi) is 14.2. The highest BCUT2D eigenvalue weighted by Gasteiger charge is 2.35. The molecule has 0 aliphatic carbocycles. The largest absolute Gasteiger partial charge is 0.744 e. The van der Waals surface area contributed by atoms with E-state index in [-0.39, 0.29) is 15.6 Å². The van der Waals surface area contributed by atoms with Crippen LogP contribution in [0.2, 0.25) is 0 Å². The lowest BCUT2D eigenvalue weighted by Crippen LogP contribution is -2.27. The van der Waals surface area contributed by atoms with Crippen molar-refractivity contribution >= 4 is 80.4 Å². The van der Waals surface area contributed by atoms with Crippen molar-refractivity contribution in [3.63, 3.8) is 0 Å². The lowest BCUT2D eigenvalue weighted by molar-refractivity contribution is 0.417. The molecule has 0 radical (unpaired) electrons. The fourth-order valence-corrected chi connectivity index (χ4v) is 7.40. The molecule has 5 nitrogen and oxygen atoms in total. The molecule has 0 atom stereocenters. The van der Waals surface area contributed by atoms with Crippen LogP contribution in [0.15, 0.2) is 71.6 Å². The van der Waals surface area contributed by atoms with E-state index in [9.17, 15) is 13.0 Å². The predicted molar refractivity (Wildman–Crippen MR) is 145 cm³/mol. The highest BCUT2D eigenvalue weighted by Crippen LogP contribution is 2.41. The SMILES string of the molecule is COc1ccccc1[PH+](c1ccccc1OC)c1cc(C)ccc1S(=O)(=O)[O-].ClCCl.ClCCl. The maximum absolute atomic E-state index is 12.0. The summed E-state index contributed by atoms with van der Waals surface area (Å²) in [5.41, 5.74) is 0.870. The van der Waals surface area contributed by atoms with Crippen LogP contribution in [0.3, 0.4) is 0 Å². The number of rotatable bonds is 6. The van der Waals surface area contributed by atoms with E-state index in [1.165, 1.54) is 6.07 Å². The summed E-state index contributed by atoms with van der Waals surface area (Å²) in [6.45, 7) is 1.87. The van der Waals surface area contributed by atoms with Crippen molar-refractivity contribution in [2.24, 2.45) is 0 Å². The maximum atomic E-state index is 12.0. The summed E-state index contributed by atoms with van der Waals surface area (Å²) in [6.07, 6.45) is 0. The molecule has 0 heterocycles. The molecule has 0 aliphatic rings. The first kappa shape index (κ1) is 30.8. The van der Waals surface area contributed by atoms with Gasteiger partial charge in [0, 0.05) is 0 Å². The number of hydrogen-bond acceptors (Lipinski definition) is 5. The van der Waals surface area contributed by atoms with Crippen LogP contribution >= 0.6 is 54.3 Å². The Morgan fingerprint density at radius 1 is 0.765 bits per heavy atom. The molecule has 0 saturated carbocycles. The van der Waals surface area contributed by atoms with E-state index in [1.807, 2.05) is 55.5 Å². The second-order valence-electron chi connectivity index (χ2n) is 6.43. The van der Waals surface area contributed by atoms with Crippen LogP contribution in [-0.2, 0) is 10.1 Å². The summed E-state index contributed by atoms with van der Waals surface area (Å²) in [4.78, 5) is -0.205. The van der Waals surface area contributed by atoms with Crippen LogP contribution in [0.4, 0.5) is 0 Å². The lowest BCUT2D eigenvalue weighted by atomic mass is 10.2. The Labute approximate surface area is 222 Å². The number of para-hydroxylation sites is 2. The van der Waals surface area contributed by atoms with E-state index in [4.69, 9.17) is 55.9 Å². The molecule has 0 aliphatic heterocycles. The lowest BCUT2D eigenvalue weighted by Gasteiger charge is -2.19. The molecule has 0 saturated heterocycles. The molecule has 11 heteroatoms. The minimum atomic E-state index is -4.66. The Balaban J connectivity index is 0.000000872. The molecule has 34 heavy (non-hydrogen) atoms. The average Bonchev–Trinajstić information content (AvgIpc) is 2.80. The van der Waals surface area contributed by atoms with Gasteiger partial charge >= 0.3 is 0 Å². The van der Waals surface area contributed by atoms with Crippen molar-refractivity contribution in [3.8, 4) is 11.5 Å². The number of ether oxygens (including phenoxy) is 2. The van der Waals surface area contributed by atoms with Gasteiger partial charge in [0.05, 0.1) is 29.8 Å². The van der Waals surface area contributed by atoms with Crippen LogP contribution in [-0.4, -0.2) is 37.9 Å². The Morgan fingerprint density at radius 3 is 1.56 bits per heavy atom. The Bertz CT molecular complexity index is 1100. The summed E-state index contributed by atoms with van der Waals surface area (Å²) in [5, 5.41) is 2.57. The van der Waals surface area contributed by atoms with Gasteiger partial charge in [0.25, 0.3) is 0 Å². The average molecular weight is 586 g/mol. The number of methoxy groups -OCH3 is 2. The minimum Gasteiger partial charge on any atom is -0.744 e. The fourth-order valence-electron chi connectivity index (χ4n) is 3.19. The first-order valence-electron chi connectivity index (χ1n) is 9.64. The Hall–Kier alpha value is -1.24. The summed E-state index contributed by atoms with van der Waals surface area (Å²) in [5.74, 6) is 1.27. The predicted octanol–water partition coefficient (Wildman–Crippen LogP) is 5.25. The molecular formula is C23H25Cl4O5PS. The van der Waals surface area contributed by atoms with Gasteiger partial charge in [0.15, 0.2) is 11.5 Å². The number of benzene rings is 3. The normalized spacial score (nSPS) is 10.5. The van der Waals surface area contributed by atoms with E-state index in [2.05, 4.69) is 0 Å². The van der Waals surface area contributed by atoms with Gasteiger partial charge in [-0.2, -0.15) is 0 Å². The van der Waals surface area contributed by atoms with Crippen molar-refractivity contribution in [1.82, 2.24) is 0 Å². The van der Waals surface area contributed by atoms with Gasteiger partial charge < -0.3 is 14.0 Å². The zero-order valence-corrected chi connectivity index (χ0v) is 23.6. The van der Waals surface area contributed by atoms with Gasteiger partial charge in [-0.15, -0.1) is 46.4 Å². The van der Waals surface area contributed by atoms with Gasteiger partial charge in [-0.05, 0) is 48.9 Å². The highest BCUT2D eigenvalue weighted by atomic mass is 35.5. The molecule has 0 spiro atoms. The zero-order chi connectivity index (χ0) is 25.7. The molecular weight excluding hydrogens is 561 g/mol. The molecule has 3 aromatic rings. The first-order chi connectivity index (χ1) is 16.2. The van der Waals surface area contributed by atoms with Crippen molar-refractivity contribution in [1.29, 1.82) is 0 Å². The van der Waals surface area contributed by atoms with Crippen LogP contribution in [0.5, 0.6) is 11.5 Å². The highest BCUT2D eigenvalue weighted by molar-refractivity contribution is 7.88. The van der Waals surface area contributed by atoms with Crippen LogP contribution in [0.1, 0.15) is 5.56 Å². The van der Waals surface area contributed by atoms with Gasteiger partial charge in [0.2, 0.25) is 0 Å². The van der Waals surface area contributed by atoms with Gasteiger partial charge in [0.1, 0.15) is 34.0 Å². The molecule has 0 fully saturated rings. The molecule has 186 valence electrons.